The van der Waals surface area contributed by atoms with E-state index in [-0.39, 0.29) is 22.4 Å². The van der Waals surface area contributed by atoms with Gasteiger partial charge in [0.05, 0.1) is 10.5 Å². The van der Waals surface area contributed by atoms with E-state index in [1.807, 2.05) is 6.92 Å². The fraction of sp³-hybridized carbons (Fsp3) is 0.500. The normalized spacial score (nSPS) is 17.7. The van der Waals surface area contributed by atoms with Crippen molar-refractivity contribution in [2.45, 2.75) is 43.5 Å². The highest BCUT2D eigenvalue weighted by Crippen LogP contribution is 2.28. The van der Waals surface area contributed by atoms with Crippen molar-refractivity contribution in [3.8, 4) is 0 Å². The first-order valence-electron chi connectivity index (χ1n) is 6.92. The molecule has 1 saturated carbocycles. The number of benzene rings is 1. The Hall–Kier alpha value is -0.920. The molecule has 0 bridgehead atoms. The number of nitrogens with one attached hydrogen (secondary N) is 1. The van der Waals surface area contributed by atoms with Gasteiger partial charge in [-0.25, -0.2) is 13.6 Å². The van der Waals surface area contributed by atoms with Gasteiger partial charge in [0.15, 0.2) is 0 Å². The summed E-state index contributed by atoms with van der Waals surface area (Å²) in [6.45, 7) is 1.99. The number of carbonyl (C=O) groups is 1. The first kappa shape index (κ1) is 16.5. The highest BCUT2D eigenvalue weighted by atomic mass is 79.9. The molecule has 0 saturated heterocycles. The van der Waals surface area contributed by atoms with Crippen LogP contribution in [0.5, 0.6) is 0 Å². The lowest BCUT2D eigenvalue weighted by Crippen LogP contribution is -2.37. The maximum Gasteiger partial charge on any atom is 0.252 e. The van der Waals surface area contributed by atoms with Crippen LogP contribution in [0, 0.1) is 5.92 Å². The number of primary sulfonamides is 1. The standard InChI is InChI=1S/C14H19BrN2O3S/c1-9(10-4-2-3-5-10)17-14(18)12-8-11(21(16,19)20)6-7-13(12)15/h6-10H,2-5H2,1H3,(H,17,18)(H2,16,19,20). The van der Waals surface area contributed by atoms with Crippen molar-refractivity contribution in [2.75, 3.05) is 0 Å². The molecule has 1 aliphatic carbocycles. The molecule has 7 heteroatoms. The van der Waals surface area contributed by atoms with Gasteiger partial charge in [0.1, 0.15) is 0 Å². The van der Waals surface area contributed by atoms with Crippen LogP contribution in [-0.4, -0.2) is 20.4 Å². The van der Waals surface area contributed by atoms with Crippen molar-refractivity contribution in [2.24, 2.45) is 11.1 Å². The highest BCUT2D eigenvalue weighted by Gasteiger charge is 2.24. The Kier molecular flexibility index (Phi) is 5.06. The van der Waals surface area contributed by atoms with Gasteiger partial charge in [-0.1, -0.05) is 12.8 Å². The Morgan fingerprint density at radius 3 is 2.57 bits per heavy atom. The molecule has 1 fully saturated rings. The molecule has 2 rings (SSSR count). The third-order valence-corrected chi connectivity index (χ3v) is 5.58. The van der Waals surface area contributed by atoms with Crippen LogP contribution in [0.3, 0.4) is 0 Å². The molecule has 3 N–H and O–H groups in total. The summed E-state index contributed by atoms with van der Waals surface area (Å²) in [4.78, 5) is 12.3. The van der Waals surface area contributed by atoms with Crippen LogP contribution < -0.4 is 10.5 Å². The molecule has 1 amide bonds. The lowest BCUT2D eigenvalue weighted by atomic mass is 9.99. The maximum absolute atomic E-state index is 12.3. The van der Waals surface area contributed by atoms with Crippen molar-refractivity contribution in [3.05, 3.63) is 28.2 Å². The van der Waals surface area contributed by atoms with Crippen LogP contribution in [0.1, 0.15) is 43.0 Å². The summed E-state index contributed by atoms with van der Waals surface area (Å²) >= 11 is 3.27. The molecule has 0 spiro atoms. The molecule has 0 aromatic heterocycles. The van der Waals surface area contributed by atoms with Gasteiger partial charge in [0.25, 0.3) is 5.91 Å². The van der Waals surface area contributed by atoms with E-state index in [0.717, 1.165) is 12.8 Å². The number of halogens is 1. The molecular formula is C14H19BrN2O3S. The molecule has 1 aromatic carbocycles. The molecule has 1 unspecified atom stereocenters. The van der Waals surface area contributed by atoms with E-state index in [1.54, 1.807) is 0 Å². The minimum Gasteiger partial charge on any atom is -0.349 e. The van der Waals surface area contributed by atoms with Crippen molar-refractivity contribution in [1.82, 2.24) is 5.32 Å². The van der Waals surface area contributed by atoms with Gasteiger partial charge in [0.2, 0.25) is 10.0 Å². The lowest BCUT2D eigenvalue weighted by molar-refractivity contribution is 0.0926. The SMILES string of the molecule is CC(NC(=O)c1cc(S(N)(=O)=O)ccc1Br)C1CCCC1. The van der Waals surface area contributed by atoms with E-state index in [4.69, 9.17) is 5.14 Å². The van der Waals surface area contributed by atoms with E-state index in [1.165, 1.54) is 31.0 Å². The summed E-state index contributed by atoms with van der Waals surface area (Å²) in [7, 11) is -3.82. The van der Waals surface area contributed by atoms with E-state index in [2.05, 4.69) is 21.2 Å². The van der Waals surface area contributed by atoms with Crippen LogP contribution in [0.25, 0.3) is 0 Å². The summed E-state index contributed by atoms with van der Waals surface area (Å²) in [5.41, 5.74) is 0.284. The van der Waals surface area contributed by atoms with Crippen molar-refractivity contribution >= 4 is 31.9 Å². The van der Waals surface area contributed by atoms with Gasteiger partial charge in [-0.3, -0.25) is 4.79 Å². The monoisotopic (exact) mass is 374 g/mol. The highest BCUT2D eigenvalue weighted by molar-refractivity contribution is 9.10. The molecule has 0 aliphatic heterocycles. The fourth-order valence-corrected chi connectivity index (χ4v) is 3.68. The van der Waals surface area contributed by atoms with Crippen molar-refractivity contribution in [1.29, 1.82) is 0 Å². The lowest BCUT2D eigenvalue weighted by Gasteiger charge is -2.20. The zero-order valence-corrected chi connectivity index (χ0v) is 14.2. The number of carbonyl (C=O) groups excluding carboxylic acids is 1. The molecule has 116 valence electrons. The van der Waals surface area contributed by atoms with Crippen molar-refractivity contribution < 1.29 is 13.2 Å². The Bertz CT molecular complexity index is 640. The fourth-order valence-electron chi connectivity index (χ4n) is 2.72. The molecule has 21 heavy (non-hydrogen) atoms. The van der Waals surface area contributed by atoms with E-state index in [9.17, 15) is 13.2 Å². The van der Waals surface area contributed by atoms with Crippen LogP contribution in [0.15, 0.2) is 27.6 Å². The van der Waals surface area contributed by atoms with E-state index < -0.39 is 10.0 Å². The topological polar surface area (TPSA) is 89.3 Å². The van der Waals surface area contributed by atoms with Gasteiger partial charge >= 0.3 is 0 Å². The van der Waals surface area contributed by atoms with Gasteiger partial charge < -0.3 is 5.32 Å². The predicted molar refractivity (Wildman–Crippen MR) is 84.4 cm³/mol. The molecule has 0 radical (unpaired) electrons. The van der Waals surface area contributed by atoms with Gasteiger partial charge in [-0.15, -0.1) is 0 Å². The Morgan fingerprint density at radius 1 is 1.38 bits per heavy atom. The second-order valence-electron chi connectivity index (χ2n) is 5.49. The third-order valence-electron chi connectivity index (χ3n) is 3.98. The minimum atomic E-state index is -3.82. The molecule has 5 nitrogen and oxygen atoms in total. The molecule has 1 aliphatic rings. The van der Waals surface area contributed by atoms with E-state index >= 15 is 0 Å². The summed E-state index contributed by atoms with van der Waals surface area (Å²) in [5.74, 6) is 0.209. The smallest absolute Gasteiger partial charge is 0.252 e. The number of hydrogen-bond donors (Lipinski definition) is 2. The summed E-state index contributed by atoms with van der Waals surface area (Å²) in [6, 6.07) is 4.27. The zero-order valence-electron chi connectivity index (χ0n) is 11.8. The number of amides is 1. The van der Waals surface area contributed by atoms with Gasteiger partial charge in [-0.05, 0) is 59.8 Å². The van der Waals surface area contributed by atoms with Crippen LogP contribution in [0.4, 0.5) is 0 Å². The first-order chi connectivity index (χ1) is 9.79. The second kappa shape index (κ2) is 6.46. The summed E-state index contributed by atoms with van der Waals surface area (Å²) in [5, 5.41) is 8.05. The number of hydrogen-bond acceptors (Lipinski definition) is 3. The molecular weight excluding hydrogens is 356 g/mol. The summed E-state index contributed by atoms with van der Waals surface area (Å²) in [6.07, 6.45) is 4.66. The number of rotatable bonds is 4. The Morgan fingerprint density at radius 2 is 2.00 bits per heavy atom. The Balaban J connectivity index is 2.18. The third kappa shape index (κ3) is 4.05. The van der Waals surface area contributed by atoms with E-state index in [0.29, 0.717) is 10.4 Å². The average molecular weight is 375 g/mol. The van der Waals surface area contributed by atoms with Gasteiger partial charge in [0, 0.05) is 10.5 Å². The maximum atomic E-state index is 12.3. The van der Waals surface area contributed by atoms with Crippen molar-refractivity contribution in [3.63, 3.8) is 0 Å². The zero-order chi connectivity index (χ0) is 15.6. The molecule has 1 atom stereocenters. The molecule has 1 aromatic rings. The van der Waals surface area contributed by atoms with Crippen LogP contribution in [0.2, 0.25) is 0 Å². The quantitative estimate of drug-likeness (QED) is 0.847. The largest absolute Gasteiger partial charge is 0.349 e. The van der Waals surface area contributed by atoms with Crippen LogP contribution >= 0.6 is 15.9 Å². The number of sulfonamides is 1. The second-order valence-corrected chi connectivity index (χ2v) is 7.91. The minimum absolute atomic E-state index is 0.0654. The predicted octanol–water partition coefficient (Wildman–Crippen LogP) is 2.41. The molecule has 0 heterocycles. The first-order valence-corrected chi connectivity index (χ1v) is 9.26. The Labute approximate surface area is 133 Å². The number of nitrogens with two attached hydrogens (primary N) is 1. The average Bonchev–Trinajstić information content (AvgIpc) is 2.91. The van der Waals surface area contributed by atoms with Crippen LogP contribution in [-0.2, 0) is 10.0 Å². The summed E-state index contributed by atoms with van der Waals surface area (Å²) < 4.78 is 23.3. The van der Waals surface area contributed by atoms with Gasteiger partial charge in [-0.2, -0.15) is 0 Å².